The van der Waals surface area contributed by atoms with Crippen LogP contribution in [0, 0.1) is 11.3 Å². The quantitative estimate of drug-likeness (QED) is 0.681. The van der Waals surface area contributed by atoms with Crippen molar-refractivity contribution in [2.45, 2.75) is 13.0 Å². The highest BCUT2D eigenvalue weighted by molar-refractivity contribution is 5.79. The summed E-state index contributed by atoms with van der Waals surface area (Å²) in [6.45, 7) is 0.339. The highest BCUT2D eigenvalue weighted by atomic mass is 16.2. The molecule has 0 saturated heterocycles. The van der Waals surface area contributed by atoms with E-state index in [1.54, 1.807) is 16.7 Å². The number of H-pyrrole nitrogens is 1. The van der Waals surface area contributed by atoms with Crippen molar-refractivity contribution < 1.29 is 0 Å². The van der Waals surface area contributed by atoms with Gasteiger partial charge in [-0.2, -0.15) is 10.2 Å². The minimum atomic E-state index is -0.717. The number of fused-ring (bicyclic) bond motifs is 2. The zero-order valence-electron chi connectivity index (χ0n) is 10.3. The first-order chi connectivity index (χ1) is 9.70. The van der Waals surface area contributed by atoms with Gasteiger partial charge in [-0.15, -0.1) is 0 Å². The molecule has 0 aromatic heterocycles. The maximum atomic E-state index is 11.8. The molecule has 2 aliphatic heterocycles. The standard InChI is InChI=1S/C13H9N5O2/c14-6-3-7-18-9-5-2-1-4-8(9)15-10-11(18)16-13(20)17-12(10)19/h1-2,4-5H,3,7H2,(H,17,19,20). The van der Waals surface area contributed by atoms with Crippen LogP contribution in [0.1, 0.15) is 6.42 Å². The smallest absolute Gasteiger partial charge is 0.321 e. The second kappa shape index (κ2) is 4.59. The van der Waals surface area contributed by atoms with E-state index < -0.39 is 11.2 Å². The number of nitrogens with zero attached hydrogens (tertiary/aromatic N) is 4. The van der Waals surface area contributed by atoms with Crippen LogP contribution in [0.3, 0.4) is 0 Å². The lowest BCUT2D eigenvalue weighted by atomic mass is 10.2. The molecule has 0 bridgehead atoms. The van der Waals surface area contributed by atoms with Crippen molar-refractivity contribution in [3.05, 3.63) is 45.1 Å². The van der Waals surface area contributed by atoms with Crippen molar-refractivity contribution >= 4 is 11.0 Å². The lowest BCUT2D eigenvalue weighted by Crippen LogP contribution is -2.28. The molecule has 2 heterocycles. The van der Waals surface area contributed by atoms with Crippen molar-refractivity contribution in [3.63, 3.8) is 0 Å². The van der Waals surface area contributed by atoms with Crippen LogP contribution >= 0.6 is 0 Å². The number of nitrogens with one attached hydrogen (secondary N) is 1. The Morgan fingerprint density at radius 3 is 2.85 bits per heavy atom. The molecule has 0 amide bonds. The van der Waals surface area contributed by atoms with Crippen LogP contribution in [0.2, 0.25) is 0 Å². The second-order valence-corrected chi connectivity index (χ2v) is 4.20. The van der Waals surface area contributed by atoms with Gasteiger partial charge in [0.25, 0.3) is 5.56 Å². The number of hydrogen-bond donors (Lipinski definition) is 1. The Labute approximate surface area is 112 Å². The molecule has 1 aromatic carbocycles. The number of aryl methyl sites for hydroxylation is 1. The van der Waals surface area contributed by atoms with E-state index in [2.05, 4.69) is 15.0 Å². The molecule has 0 aliphatic carbocycles. The molecule has 1 N–H and O–H groups in total. The first-order valence-corrected chi connectivity index (χ1v) is 5.97. The van der Waals surface area contributed by atoms with Gasteiger partial charge in [-0.1, -0.05) is 12.1 Å². The molecule has 7 heteroatoms. The number of hydrogen-bond acceptors (Lipinski definition) is 5. The van der Waals surface area contributed by atoms with E-state index in [4.69, 9.17) is 5.26 Å². The Morgan fingerprint density at radius 2 is 2.05 bits per heavy atom. The van der Waals surface area contributed by atoms with Crippen LogP contribution in [-0.4, -0.2) is 19.5 Å². The molecule has 2 aliphatic rings. The predicted octanol–water partition coefficient (Wildman–Crippen LogP) is 0.498. The Kier molecular flexibility index (Phi) is 2.76. The molecule has 7 nitrogen and oxygen atoms in total. The fourth-order valence-electron chi connectivity index (χ4n) is 2.13. The monoisotopic (exact) mass is 267 g/mol. The first-order valence-electron chi connectivity index (χ1n) is 5.97. The number of para-hydroxylation sites is 2. The zero-order valence-corrected chi connectivity index (χ0v) is 10.3. The molecular weight excluding hydrogens is 258 g/mol. The van der Waals surface area contributed by atoms with Crippen molar-refractivity contribution in [1.29, 1.82) is 5.26 Å². The SMILES string of the molecule is N#CCCn1c2nc(=O)[nH]c(=O)c-2nc2ccccc21. The van der Waals surface area contributed by atoms with E-state index in [9.17, 15) is 9.59 Å². The number of benzene rings is 1. The summed E-state index contributed by atoms with van der Waals surface area (Å²) >= 11 is 0. The van der Waals surface area contributed by atoms with Crippen LogP contribution in [0.15, 0.2) is 33.9 Å². The number of aromatic nitrogens is 4. The average molecular weight is 267 g/mol. The summed E-state index contributed by atoms with van der Waals surface area (Å²) < 4.78 is 1.68. The number of rotatable bonds is 2. The van der Waals surface area contributed by atoms with E-state index in [-0.39, 0.29) is 17.9 Å². The minimum Gasteiger partial charge on any atom is -0.321 e. The van der Waals surface area contributed by atoms with Crippen LogP contribution in [-0.2, 0) is 6.54 Å². The third kappa shape index (κ3) is 1.83. The largest absolute Gasteiger partial charge is 0.349 e. The van der Waals surface area contributed by atoms with Gasteiger partial charge in [0.15, 0.2) is 11.5 Å². The van der Waals surface area contributed by atoms with Gasteiger partial charge in [0.2, 0.25) is 0 Å². The summed E-state index contributed by atoms with van der Waals surface area (Å²) in [4.78, 5) is 33.4. The van der Waals surface area contributed by atoms with Crippen molar-refractivity contribution in [3.8, 4) is 17.6 Å². The van der Waals surface area contributed by atoms with Gasteiger partial charge in [-0.25, -0.2) is 9.78 Å². The van der Waals surface area contributed by atoms with Crippen LogP contribution < -0.4 is 11.2 Å². The first kappa shape index (κ1) is 12.0. The fourth-order valence-corrected chi connectivity index (χ4v) is 2.13. The van der Waals surface area contributed by atoms with Gasteiger partial charge in [-0.3, -0.25) is 9.78 Å². The van der Waals surface area contributed by atoms with Gasteiger partial charge in [0.1, 0.15) is 0 Å². The van der Waals surface area contributed by atoms with Gasteiger partial charge in [-0.05, 0) is 12.1 Å². The van der Waals surface area contributed by atoms with Gasteiger partial charge >= 0.3 is 5.69 Å². The second-order valence-electron chi connectivity index (χ2n) is 4.20. The predicted molar refractivity (Wildman–Crippen MR) is 71.3 cm³/mol. The summed E-state index contributed by atoms with van der Waals surface area (Å²) in [5, 5.41) is 8.75. The fraction of sp³-hybridized carbons (Fsp3) is 0.154. The van der Waals surface area contributed by atoms with E-state index in [1.807, 2.05) is 18.2 Å². The maximum Gasteiger partial charge on any atom is 0.349 e. The Hall–Kier alpha value is -3.01. The third-order valence-electron chi connectivity index (χ3n) is 2.96. The van der Waals surface area contributed by atoms with Crippen molar-refractivity contribution in [2.75, 3.05) is 0 Å². The molecule has 0 saturated carbocycles. The average Bonchev–Trinajstić information content (AvgIpc) is 2.44. The zero-order chi connectivity index (χ0) is 14.1. The van der Waals surface area contributed by atoms with Gasteiger partial charge < -0.3 is 4.57 Å². The van der Waals surface area contributed by atoms with Crippen LogP contribution in [0.5, 0.6) is 0 Å². The van der Waals surface area contributed by atoms with E-state index in [0.29, 0.717) is 12.1 Å². The summed E-state index contributed by atoms with van der Waals surface area (Å²) in [6, 6.07) is 9.25. The third-order valence-corrected chi connectivity index (χ3v) is 2.96. The Morgan fingerprint density at radius 1 is 1.25 bits per heavy atom. The van der Waals surface area contributed by atoms with Gasteiger partial charge in [0, 0.05) is 6.54 Å². The highest BCUT2D eigenvalue weighted by Crippen LogP contribution is 2.20. The van der Waals surface area contributed by atoms with Crippen molar-refractivity contribution in [2.24, 2.45) is 0 Å². The topological polar surface area (TPSA) is 104 Å². The number of nitriles is 1. The molecule has 0 atom stereocenters. The molecule has 0 fully saturated rings. The summed E-state index contributed by atoms with van der Waals surface area (Å²) in [5.74, 6) is 0.202. The molecule has 0 radical (unpaired) electrons. The Balaban J connectivity index is 2.47. The summed E-state index contributed by atoms with van der Waals surface area (Å²) in [7, 11) is 0. The summed E-state index contributed by atoms with van der Waals surface area (Å²) in [5.41, 5.74) is 0.152. The minimum absolute atomic E-state index is 0.0984. The lowest BCUT2D eigenvalue weighted by molar-refractivity contribution is 0.718. The van der Waals surface area contributed by atoms with Gasteiger partial charge in [0.05, 0.1) is 23.5 Å². The molecule has 98 valence electrons. The van der Waals surface area contributed by atoms with E-state index in [0.717, 1.165) is 5.52 Å². The van der Waals surface area contributed by atoms with Crippen LogP contribution in [0.25, 0.3) is 22.6 Å². The van der Waals surface area contributed by atoms with Crippen molar-refractivity contribution in [1.82, 2.24) is 19.5 Å². The lowest BCUT2D eigenvalue weighted by Gasteiger charge is -2.14. The molecular formula is C13H9N5O2. The summed E-state index contributed by atoms with van der Waals surface area (Å²) in [6.07, 6.45) is 0.246. The number of aromatic amines is 1. The molecule has 20 heavy (non-hydrogen) atoms. The van der Waals surface area contributed by atoms with Crippen LogP contribution in [0.4, 0.5) is 0 Å². The van der Waals surface area contributed by atoms with E-state index >= 15 is 0 Å². The van der Waals surface area contributed by atoms with E-state index in [1.165, 1.54) is 0 Å². The molecule has 0 unspecified atom stereocenters. The highest BCUT2D eigenvalue weighted by Gasteiger charge is 2.17. The Bertz CT molecular complexity index is 919. The molecule has 1 aromatic rings. The maximum absolute atomic E-state index is 11.8. The molecule has 0 spiro atoms. The normalized spacial score (nSPS) is 10.8. The molecule has 3 rings (SSSR count).